The lowest BCUT2D eigenvalue weighted by Gasteiger charge is -2.21. The van der Waals surface area contributed by atoms with Gasteiger partial charge in [-0.15, -0.1) is 0 Å². The lowest BCUT2D eigenvalue weighted by Crippen LogP contribution is -2.12. The number of aliphatic carboxylic acids is 1. The van der Waals surface area contributed by atoms with E-state index in [9.17, 15) is 9.90 Å². The van der Waals surface area contributed by atoms with Gasteiger partial charge in [-0.1, -0.05) is 59.8 Å². The van der Waals surface area contributed by atoms with Crippen LogP contribution < -0.4 is 4.74 Å². The number of fused-ring (bicyclic) bond motifs is 1. The molecule has 0 spiro atoms. The molecule has 0 fully saturated rings. The number of nitrogens with one attached hydrogen (secondary N) is 1. The number of aromatic nitrogens is 3. The van der Waals surface area contributed by atoms with Crippen molar-refractivity contribution in [1.82, 2.24) is 15.4 Å². The van der Waals surface area contributed by atoms with Crippen molar-refractivity contribution >= 4 is 16.9 Å². The number of hydrogen-bond donors (Lipinski definition) is 2. The molecule has 0 aliphatic heterocycles. The fourth-order valence-corrected chi connectivity index (χ4v) is 4.12. The Balaban J connectivity index is 1.42. The molecule has 1 unspecified atom stereocenters. The number of carboxylic acids is 1. The van der Waals surface area contributed by atoms with Gasteiger partial charge in [0.15, 0.2) is 0 Å². The van der Waals surface area contributed by atoms with E-state index in [2.05, 4.69) is 39.6 Å². The third-order valence-electron chi connectivity index (χ3n) is 5.86. The summed E-state index contributed by atoms with van der Waals surface area (Å²) in [6.45, 7) is 0. The monoisotopic (exact) mass is 453 g/mol. The second kappa shape index (κ2) is 9.62. The summed E-state index contributed by atoms with van der Waals surface area (Å²) in [4.78, 5) is 11.4. The van der Waals surface area contributed by atoms with Crippen molar-refractivity contribution in [3.8, 4) is 5.75 Å². The van der Waals surface area contributed by atoms with Crippen LogP contribution in [-0.4, -0.2) is 26.4 Å². The summed E-state index contributed by atoms with van der Waals surface area (Å²) in [5.74, 6) is -0.595. The summed E-state index contributed by atoms with van der Waals surface area (Å²) in [5.41, 5.74) is 4.59. The molecule has 170 valence electrons. The molecule has 34 heavy (non-hydrogen) atoms. The molecule has 5 rings (SSSR count). The first-order chi connectivity index (χ1) is 16.7. The summed E-state index contributed by atoms with van der Waals surface area (Å²) in [7, 11) is 0. The summed E-state index contributed by atoms with van der Waals surface area (Å²) in [5, 5.41) is 21.5. The molecule has 0 aliphatic rings. The Morgan fingerprint density at radius 2 is 1.79 bits per heavy atom. The first kappa shape index (κ1) is 21.5. The number of ether oxygens (including phenoxy) is 1. The highest BCUT2D eigenvalue weighted by molar-refractivity contribution is 5.78. The maximum absolute atomic E-state index is 11.4. The van der Waals surface area contributed by atoms with E-state index in [4.69, 9.17) is 9.26 Å². The molecule has 2 atom stereocenters. The predicted octanol–water partition coefficient (Wildman–Crippen LogP) is 5.52. The van der Waals surface area contributed by atoms with Crippen LogP contribution in [0.4, 0.5) is 0 Å². The molecule has 7 heteroatoms. The molecule has 0 saturated carbocycles. The largest absolute Gasteiger partial charge is 0.485 e. The van der Waals surface area contributed by atoms with Crippen molar-refractivity contribution < 1.29 is 19.2 Å². The normalized spacial score (nSPS) is 12.9. The standard InChI is InChI=1S/C27H23N3O4/c31-27(32)16-23(24-12-13-33-30-24)19-8-10-22(11-9-19)34-26(14-18-4-2-1-3-5-18)20-6-7-21-17-28-29-25(21)15-20/h1-13,15,17,23,26H,14,16H2,(H,28,29)(H,31,32)/t23?,26-/m0/s1. The lowest BCUT2D eigenvalue weighted by atomic mass is 9.92. The molecule has 2 N–H and O–H groups in total. The fourth-order valence-electron chi connectivity index (χ4n) is 4.12. The third-order valence-corrected chi connectivity index (χ3v) is 5.86. The van der Waals surface area contributed by atoms with Crippen molar-refractivity contribution in [2.45, 2.75) is 24.9 Å². The minimum absolute atomic E-state index is 0.0758. The average molecular weight is 453 g/mol. The smallest absolute Gasteiger partial charge is 0.304 e. The molecule has 0 amide bonds. The number of benzene rings is 3. The van der Waals surface area contributed by atoms with Gasteiger partial charge in [-0.3, -0.25) is 9.89 Å². The maximum atomic E-state index is 11.4. The zero-order valence-corrected chi connectivity index (χ0v) is 18.3. The van der Waals surface area contributed by atoms with Crippen LogP contribution in [0.15, 0.2) is 95.8 Å². The van der Waals surface area contributed by atoms with Crippen molar-refractivity contribution in [2.75, 3.05) is 0 Å². The second-order valence-corrected chi connectivity index (χ2v) is 8.16. The minimum Gasteiger partial charge on any atom is -0.485 e. The highest BCUT2D eigenvalue weighted by Crippen LogP contribution is 2.31. The molecule has 0 saturated heterocycles. The van der Waals surface area contributed by atoms with Crippen LogP contribution in [0, 0.1) is 0 Å². The van der Waals surface area contributed by atoms with Crippen LogP contribution in [0.5, 0.6) is 5.75 Å². The lowest BCUT2D eigenvalue weighted by molar-refractivity contribution is -0.137. The van der Waals surface area contributed by atoms with Crippen LogP contribution in [-0.2, 0) is 11.2 Å². The molecule has 3 aromatic carbocycles. The molecule has 0 aliphatic carbocycles. The van der Waals surface area contributed by atoms with Crippen LogP contribution in [0.1, 0.15) is 40.8 Å². The fraction of sp³-hybridized carbons (Fsp3) is 0.148. The van der Waals surface area contributed by atoms with E-state index >= 15 is 0 Å². The molecule has 2 aromatic heterocycles. The first-order valence-electron chi connectivity index (χ1n) is 11.0. The van der Waals surface area contributed by atoms with E-state index in [0.717, 1.165) is 22.0 Å². The molecular weight excluding hydrogens is 430 g/mol. The van der Waals surface area contributed by atoms with Crippen molar-refractivity contribution in [2.24, 2.45) is 0 Å². The van der Waals surface area contributed by atoms with E-state index < -0.39 is 11.9 Å². The Bertz CT molecular complexity index is 1360. The Hall–Kier alpha value is -4.39. The number of H-pyrrole nitrogens is 1. The van der Waals surface area contributed by atoms with Gasteiger partial charge in [0.1, 0.15) is 18.1 Å². The predicted molar refractivity (Wildman–Crippen MR) is 127 cm³/mol. The van der Waals surface area contributed by atoms with Gasteiger partial charge in [-0.05, 0) is 34.9 Å². The highest BCUT2D eigenvalue weighted by atomic mass is 16.5. The van der Waals surface area contributed by atoms with Gasteiger partial charge in [-0.25, -0.2) is 0 Å². The number of carbonyl (C=O) groups is 1. The molecule has 7 nitrogen and oxygen atoms in total. The Labute approximate surface area is 196 Å². The van der Waals surface area contributed by atoms with Crippen molar-refractivity contribution in [3.05, 3.63) is 114 Å². The Morgan fingerprint density at radius 3 is 2.53 bits per heavy atom. The molecule has 0 radical (unpaired) electrons. The van der Waals surface area contributed by atoms with Gasteiger partial charge in [-0.2, -0.15) is 5.10 Å². The van der Waals surface area contributed by atoms with Gasteiger partial charge < -0.3 is 14.4 Å². The second-order valence-electron chi connectivity index (χ2n) is 8.16. The summed E-state index contributed by atoms with van der Waals surface area (Å²) in [6, 6.07) is 25.6. The van der Waals surface area contributed by atoms with Crippen LogP contribution in [0.25, 0.3) is 10.9 Å². The summed E-state index contributed by atoms with van der Waals surface area (Å²) in [6.07, 6.45) is 3.65. The molecule has 5 aromatic rings. The molecule has 0 bridgehead atoms. The van der Waals surface area contributed by atoms with Gasteiger partial charge in [0.25, 0.3) is 0 Å². The topological polar surface area (TPSA) is 101 Å². The summed E-state index contributed by atoms with van der Waals surface area (Å²) < 4.78 is 11.4. The number of hydrogen-bond acceptors (Lipinski definition) is 5. The average Bonchev–Trinajstić information content (AvgIpc) is 3.55. The number of carboxylic acid groups (broad SMARTS) is 1. The Morgan fingerprint density at radius 1 is 1.00 bits per heavy atom. The number of rotatable bonds is 9. The number of nitrogens with zero attached hydrogens (tertiary/aromatic N) is 2. The Kier molecular flexibility index (Phi) is 6.07. The van der Waals surface area contributed by atoms with Crippen LogP contribution in [0.3, 0.4) is 0 Å². The van der Waals surface area contributed by atoms with Crippen molar-refractivity contribution in [1.29, 1.82) is 0 Å². The minimum atomic E-state index is -0.898. The zero-order chi connectivity index (χ0) is 23.3. The van der Waals surface area contributed by atoms with Crippen LogP contribution in [0.2, 0.25) is 0 Å². The third kappa shape index (κ3) is 4.83. The molecule has 2 heterocycles. The van der Waals surface area contributed by atoms with E-state index in [1.807, 2.05) is 48.5 Å². The van der Waals surface area contributed by atoms with Gasteiger partial charge in [0.05, 0.1) is 23.8 Å². The van der Waals surface area contributed by atoms with E-state index in [-0.39, 0.29) is 12.5 Å². The summed E-state index contributed by atoms with van der Waals surface area (Å²) >= 11 is 0. The maximum Gasteiger partial charge on any atom is 0.304 e. The van der Waals surface area contributed by atoms with Gasteiger partial charge >= 0.3 is 5.97 Å². The highest BCUT2D eigenvalue weighted by Gasteiger charge is 2.21. The van der Waals surface area contributed by atoms with Crippen molar-refractivity contribution in [3.63, 3.8) is 0 Å². The number of aromatic amines is 1. The van der Waals surface area contributed by atoms with E-state index in [1.54, 1.807) is 12.3 Å². The molecular formula is C27H23N3O4. The quantitative estimate of drug-likeness (QED) is 0.305. The van der Waals surface area contributed by atoms with Crippen LogP contribution >= 0.6 is 0 Å². The first-order valence-corrected chi connectivity index (χ1v) is 11.0. The van der Waals surface area contributed by atoms with E-state index in [0.29, 0.717) is 17.9 Å². The van der Waals surface area contributed by atoms with E-state index in [1.165, 1.54) is 11.8 Å². The zero-order valence-electron chi connectivity index (χ0n) is 18.3. The van der Waals surface area contributed by atoms with Gasteiger partial charge in [0, 0.05) is 23.8 Å². The SMILES string of the molecule is O=C(O)CC(c1ccc(O[C@@H](Cc2ccccc2)c2ccc3cn[nH]c3c2)cc1)c1ccon1. The van der Waals surface area contributed by atoms with Gasteiger partial charge in [0.2, 0.25) is 0 Å².